The van der Waals surface area contributed by atoms with Crippen molar-refractivity contribution >= 4 is 39.2 Å². The number of rotatable bonds is 4. The largest absolute Gasteiger partial charge is 0.392 e. The number of morpholine rings is 1. The van der Waals surface area contributed by atoms with Gasteiger partial charge in [0.1, 0.15) is 0 Å². The van der Waals surface area contributed by atoms with Gasteiger partial charge in [-0.25, -0.2) is 0 Å². The van der Waals surface area contributed by atoms with Crippen LogP contribution >= 0.6 is 24.0 Å². The van der Waals surface area contributed by atoms with Gasteiger partial charge in [-0.15, -0.1) is 0 Å². The molecule has 0 aliphatic carbocycles. The van der Waals surface area contributed by atoms with Gasteiger partial charge in [-0.05, 0) is 19.1 Å². The Bertz CT molecular complexity index is 455. The van der Waals surface area contributed by atoms with Gasteiger partial charge < -0.3 is 10.5 Å². The van der Waals surface area contributed by atoms with Crippen molar-refractivity contribution in [1.29, 1.82) is 0 Å². The van der Waals surface area contributed by atoms with E-state index >= 15 is 0 Å². The minimum absolute atomic E-state index is 0.258. The minimum Gasteiger partial charge on any atom is -0.392 e. The first kappa shape index (κ1) is 16.4. The van der Waals surface area contributed by atoms with E-state index in [1.165, 1.54) is 4.31 Å². The Morgan fingerprint density at radius 1 is 1.20 bits per heavy atom. The number of nitrogens with zero attached hydrogens (tertiary/aromatic N) is 2. The van der Waals surface area contributed by atoms with Crippen molar-refractivity contribution in [3.8, 4) is 0 Å². The topological polar surface area (TPSA) is 75.9 Å². The van der Waals surface area contributed by atoms with Crippen molar-refractivity contribution < 1.29 is 13.2 Å². The van der Waals surface area contributed by atoms with Crippen molar-refractivity contribution in [2.75, 3.05) is 45.6 Å². The molecule has 0 atom stereocenters. The first-order valence-electron chi connectivity index (χ1n) is 6.60. The fourth-order valence-electron chi connectivity index (χ4n) is 2.57. The SMILES string of the molecule is CSC1(C(N)=S)CCN(S(=O)(=O)N2CCOCC2)CC1. The van der Waals surface area contributed by atoms with Gasteiger partial charge in [0.25, 0.3) is 10.2 Å². The predicted octanol–water partition coefficient (Wildman–Crippen LogP) is 0.0471. The smallest absolute Gasteiger partial charge is 0.282 e. The lowest BCUT2D eigenvalue weighted by Crippen LogP contribution is -2.55. The number of ether oxygens (including phenoxy) is 1. The molecular weight excluding hydrogens is 318 g/mol. The summed E-state index contributed by atoms with van der Waals surface area (Å²) in [6, 6.07) is 0. The van der Waals surface area contributed by atoms with E-state index in [2.05, 4.69) is 0 Å². The standard InChI is InChI=1S/C11H21N3O3S3/c1-19-11(10(12)18)2-4-13(5-3-11)20(15,16)14-6-8-17-9-7-14/h2-9H2,1H3,(H2,12,18). The second-order valence-electron chi connectivity index (χ2n) is 4.98. The van der Waals surface area contributed by atoms with Crippen LogP contribution in [-0.2, 0) is 14.9 Å². The number of hydrogen-bond acceptors (Lipinski definition) is 5. The van der Waals surface area contributed by atoms with E-state index in [0.717, 1.165) is 0 Å². The van der Waals surface area contributed by atoms with Crippen LogP contribution in [0.15, 0.2) is 0 Å². The maximum absolute atomic E-state index is 12.5. The Morgan fingerprint density at radius 3 is 2.15 bits per heavy atom. The highest BCUT2D eigenvalue weighted by molar-refractivity contribution is 8.02. The van der Waals surface area contributed by atoms with Crippen LogP contribution in [0.25, 0.3) is 0 Å². The quantitative estimate of drug-likeness (QED) is 0.729. The third-order valence-corrected chi connectivity index (χ3v) is 7.96. The molecule has 2 aliphatic rings. The van der Waals surface area contributed by atoms with Gasteiger partial charge in [0.05, 0.1) is 22.9 Å². The summed E-state index contributed by atoms with van der Waals surface area (Å²) in [5, 5.41) is 0. The van der Waals surface area contributed by atoms with Crippen LogP contribution in [0.1, 0.15) is 12.8 Å². The number of nitrogens with two attached hydrogens (primary N) is 1. The van der Waals surface area contributed by atoms with Gasteiger partial charge in [-0.2, -0.15) is 28.8 Å². The van der Waals surface area contributed by atoms with Gasteiger partial charge in [0.15, 0.2) is 0 Å². The van der Waals surface area contributed by atoms with Crippen molar-refractivity contribution in [3.05, 3.63) is 0 Å². The van der Waals surface area contributed by atoms with Crippen LogP contribution in [-0.4, -0.2) is 72.4 Å². The Morgan fingerprint density at radius 2 is 1.70 bits per heavy atom. The first-order valence-corrected chi connectivity index (χ1v) is 9.63. The maximum atomic E-state index is 12.5. The summed E-state index contributed by atoms with van der Waals surface area (Å²) in [4.78, 5) is 0.480. The zero-order chi connectivity index (χ0) is 14.8. The van der Waals surface area contributed by atoms with E-state index in [0.29, 0.717) is 57.2 Å². The molecule has 2 N–H and O–H groups in total. The summed E-state index contributed by atoms with van der Waals surface area (Å²) < 4.78 is 33.1. The van der Waals surface area contributed by atoms with Crippen molar-refractivity contribution in [2.45, 2.75) is 17.6 Å². The van der Waals surface area contributed by atoms with Gasteiger partial charge in [0, 0.05) is 26.2 Å². The molecule has 0 radical (unpaired) electrons. The molecule has 0 aromatic rings. The van der Waals surface area contributed by atoms with Gasteiger partial charge in [-0.1, -0.05) is 12.2 Å². The molecule has 116 valence electrons. The van der Waals surface area contributed by atoms with Gasteiger partial charge in [0.2, 0.25) is 0 Å². The third-order valence-electron chi connectivity index (χ3n) is 3.99. The van der Waals surface area contributed by atoms with Crippen molar-refractivity contribution in [2.24, 2.45) is 5.73 Å². The number of piperidine rings is 1. The molecule has 0 unspecified atom stereocenters. The molecule has 2 rings (SSSR count). The average Bonchev–Trinajstić information content (AvgIpc) is 2.48. The molecule has 2 fully saturated rings. The molecule has 2 heterocycles. The average molecular weight is 340 g/mol. The Balaban J connectivity index is 2.04. The Labute approximate surface area is 130 Å². The van der Waals surface area contributed by atoms with Gasteiger partial charge in [-0.3, -0.25) is 0 Å². The monoisotopic (exact) mass is 339 g/mol. The van der Waals surface area contributed by atoms with Gasteiger partial charge >= 0.3 is 0 Å². The lowest BCUT2D eigenvalue weighted by molar-refractivity contribution is 0.0697. The molecule has 9 heteroatoms. The minimum atomic E-state index is -3.38. The third kappa shape index (κ3) is 3.12. The highest BCUT2D eigenvalue weighted by Gasteiger charge is 2.41. The summed E-state index contributed by atoms with van der Waals surface area (Å²) in [6.45, 7) is 2.74. The van der Waals surface area contributed by atoms with Crippen LogP contribution < -0.4 is 5.73 Å². The molecular formula is C11H21N3O3S3. The molecule has 2 aliphatic heterocycles. The van der Waals surface area contributed by atoms with Crippen LogP contribution in [0.3, 0.4) is 0 Å². The van der Waals surface area contributed by atoms with Crippen molar-refractivity contribution in [3.63, 3.8) is 0 Å². The van der Waals surface area contributed by atoms with Crippen LogP contribution in [0.2, 0.25) is 0 Å². The number of thiocarbonyl (C=S) groups is 1. The van der Waals surface area contributed by atoms with Crippen LogP contribution in [0.5, 0.6) is 0 Å². The highest BCUT2D eigenvalue weighted by Crippen LogP contribution is 2.36. The highest BCUT2D eigenvalue weighted by atomic mass is 32.2. The molecule has 0 bridgehead atoms. The van der Waals surface area contributed by atoms with E-state index < -0.39 is 10.2 Å². The lowest BCUT2D eigenvalue weighted by atomic mass is 9.97. The fraction of sp³-hybridized carbons (Fsp3) is 0.909. The normalized spacial score (nSPS) is 25.4. The summed E-state index contributed by atoms with van der Waals surface area (Å²) >= 11 is 6.77. The second-order valence-corrected chi connectivity index (χ2v) is 8.54. The second kappa shape index (κ2) is 6.45. The van der Waals surface area contributed by atoms with E-state index in [4.69, 9.17) is 22.7 Å². The van der Waals surface area contributed by atoms with Crippen LogP contribution in [0.4, 0.5) is 0 Å². The summed E-state index contributed by atoms with van der Waals surface area (Å²) in [5.41, 5.74) is 5.83. The van der Waals surface area contributed by atoms with Crippen molar-refractivity contribution in [1.82, 2.24) is 8.61 Å². The Hall–Kier alpha value is 0.0700. The molecule has 0 spiro atoms. The fourth-order valence-corrected chi connectivity index (χ4v) is 5.40. The molecule has 0 aromatic carbocycles. The first-order chi connectivity index (χ1) is 9.42. The lowest BCUT2D eigenvalue weighted by Gasteiger charge is -2.41. The van der Waals surface area contributed by atoms with Crippen LogP contribution in [0, 0.1) is 0 Å². The number of hydrogen-bond donors (Lipinski definition) is 1. The molecule has 6 nitrogen and oxygen atoms in total. The summed E-state index contributed by atoms with van der Waals surface area (Å²) in [5.74, 6) is 0. The summed E-state index contributed by atoms with van der Waals surface area (Å²) in [7, 11) is -3.38. The molecule has 0 saturated carbocycles. The molecule has 2 saturated heterocycles. The zero-order valence-corrected chi connectivity index (χ0v) is 14.0. The zero-order valence-electron chi connectivity index (χ0n) is 11.6. The number of thioether (sulfide) groups is 1. The van der Waals surface area contributed by atoms with E-state index in [-0.39, 0.29) is 4.75 Å². The molecule has 20 heavy (non-hydrogen) atoms. The van der Waals surface area contributed by atoms with E-state index in [1.54, 1.807) is 16.1 Å². The predicted molar refractivity (Wildman–Crippen MR) is 85.2 cm³/mol. The van der Waals surface area contributed by atoms with E-state index in [1.807, 2.05) is 6.26 Å². The molecule has 0 aromatic heterocycles. The summed E-state index contributed by atoms with van der Waals surface area (Å²) in [6.07, 6.45) is 3.32. The van der Waals surface area contributed by atoms with E-state index in [9.17, 15) is 8.42 Å². The molecule has 0 amide bonds. The Kier molecular flexibility index (Phi) is 5.30. The maximum Gasteiger partial charge on any atom is 0.282 e.